The third kappa shape index (κ3) is 3.34. The van der Waals surface area contributed by atoms with E-state index in [2.05, 4.69) is 141 Å². The summed E-state index contributed by atoms with van der Waals surface area (Å²) in [6.45, 7) is 7.89. The molecular weight excluding hydrogens is 492 g/mol. The van der Waals surface area contributed by atoms with E-state index in [1.54, 1.807) is 0 Å². The van der Waals surface area contributed by atoms with Gasteiger partial charge in [0.2, 0.25) is 0 Å². The average molecular weight is 523 g/mol. The van der Waals surface area contributed by atoms with Gasteiger partial charge in [0.15, 0.2) is 0 Å². The predicted molar refractivity (Wildman–Crippen MR) is 173 cm³/mol. The maximum atomic E-state index is 3.96. The fourth-order valence-electron chi connectivity index (χ4n) is 7.41. The second-order valence-electron chi connectivity index (χ2n) is 11.3. The van der Waals surface area contributed by atoms with Gasteiger partial charge in [0.1, 0.15) is 0 Å². The van der Waals surface area contributed by atoms with Crippen LogP contribution in [-0.4, -0.2) is 0 Å². The molecule has 1 atom stereocenters. The van der Waals surface area contributed by atoms with Crippen molar-refractivity contribution >= 4 is 6.08 Å². The molecule has 8 rings (SSSR count). The van der Waals surface area contributed by atoms with Crippen LogP contribution in [0.1, 0.15) is 45.7 Å². The summed E-state index contributed by atoms with van der Waals surface area (Å²) in [5.74, 6) is 0.357. The van der Waals surface area contributed by atoms with Gasteiger partial charge in [0.05, 0.1) is 5.41 Å². The molecule has 0 radical (unpaired) electrons. The van der Waals surface area contributed by atoms with Crippen molar-refractivity contribution in [2.45, 2.75) is 17.8 Å². The van der Waals surface area contributed by atoms with Crippen LogP contribution in [0, 0.1) is 0 Å². The zero-order valence-corrected chi connectivity index (χ0v) is 23.0. The molecule has 0 heteroatoms. The molecule has 3 aliphatic carbocycles. The highest BCUT2D eigenvalue weighted by Gasteiger charge is 2.51. The Bertz CT molecular complexity index is 1900. The van der Waals surface area contributed by atoms with E-state index in [0.717, 1.165) is 12.0 Å². The Hall–Kier alpha value is -4.94. The molecule has 5 aromatic rings. The van der Waals surface area contributed by atoms with E-state index >= 15 is 0 Å². The maximum absolute atomic E-state index is 3.96. The van der Waals surface area contributed by atoms with E-state index < -0.39 is 0 Å². The van der Waals surface area contributed by atoms with Crippen LogP contribution < -0.4 is 0 Å². The molecule has 0 nitrogen and oxygen atoms in total. The van der Waals surface area contributed by atoms with E-state index in [1.165, 1.54) is 66.8 Å². The molecule has 0 amide bonds. The van der Waals surface area contributed by atoms with Gasteiger partial charge in [-0.15, -0.1) is 0 Å². The Labute approximate surface area is 242 Å². The van der Waals surface area contributed by atoms with E-state index in [-0.39, 0.29) is 5.41 Å². The lowest BCUT2D eigenvalue weighted by molar-refractivity contribution is 0.783. The van der Waals surface area contributed by atoms with Crippen LogP contribution in [0.25, 0.3) is 39.5 Å². The van der Waals surface area contributed by atoms with E-state index in [9.17, 15) is 0 Å². The van der Waals surface area contributed by atoms with Crippen molar-refractivity contribution < 1.29 is 0 Å². The van der Waals surface area contributed by atoms with Gasteiger partial charge in [0.25, 0.3) is 0 Å². The molecule has 1 spiro atoms. The third-order valence-electron chi connectivity index (χ3n) is 9.39. The van der Waals surface area contributed by atoms with Gasteiger partial charge in [-0.05, 0) is 84.8 Å². The molecule has 0 saturated heterocycles. The van der Waals surface area contributed by atoms with Gasteiger partial charge in [-0.25, -0.2) is 0 Å². The van der Waals surface area contributed by atoms with Crippen LogP contribution in [0.4, 0.5) is 0 Å². The largest absolute Gasteiger partial charge is 0.0985 e. The fraction of sp³-hybridized carbons (Fsp3) is 0.0732. The van der Waals surface area contributed by atoms with Crippen molar-refractivity contribution in [2.24, 2.45) is 0 Å². The number of hydrogen-bond acceptors (Lipinski definition) is 0. The molecule has 41 heavy (non-hydrogen) atoms. The van der Waals surface area contributed by atoms with Crippen LogP contribution in [0.2, 0.25) is 0 Å². The van der Waals surface area contributed by atoms with Crippen molar-refractivity contribution in [3.05, 3.63) is 186 Å². The average Bonchev–Trinajstić information content (AvgIpc) is 3.51. The minimum atomic E-state index is -0.356. The molecule has 0 aliphatic heterocycles. The third-order valence-corrected chi connectivity index (χ3v) is 9.39. The summed E-state index contributed by atoms with van der Waals surface area (Å²) < 4.78 is 0. The minimum Gasteiger partial charge on any atom is -0.0985 e. The molecule has 5 aromatic carbocycles. The van der Waals surface area contributed by atoms with E-state index in [1.807, 2.05) is 12.2 Å². The number of benzene rings is 5. The molecule has 1 unspecified atom stereocenters. The topological polar surface area (TPSA) is 0 Å². The molecule has 0 fully saturated rings. The predicted octanol–water partition coefficient (Wildman–Crippen LogP) is 10.5. The second kappa shape index (κ2) is 9.04. The van der Waals surface area contributed by atoms with E-state index in [4.69, 9.17) is 0 Å². The van der Waals surface area contributed by atoms with Crippen LogP contribution in [0.15, 0.2) is 152 Å². The Kier molecular flexibility index (Phi) is 5.27. The van der Waals surface area contributed by atoms with Gasteiger partial charge in [-0.1, -0.05) is 147 Å². The highest BCUT2D eigenvalue weighted by atomic mass is 14.5. The molecule has 0 N–H and O–H groups in total. The van der Waals surface area contributed by atoms with Crippen molar-refractivity contribution in [3.8, 4) is 33.4 Å². The molecule has 0 bridgehead atoms. The Morgan fingerprint density at radius 3 is 1.83 bits per heavy atom. The number of allylic oxidation sites excluding steroid dienone is 5. The van der Waals surface area contributed by atoms with Crippen LogP contribution in [0.3, 0.4) is 0 Å². The number of rotatable bonds is 4. The Morgan fingerprint density at radius 1 is 0.585 bits per heavy atom. The molecule has 0 aromatic heterocycles. The van der Waals surface area contributed by atoms with Gasteiger partial charge < -0.3 is 0 Å². The van der Waals surface area contributed by atoms with Gasteiger partial charge >= 0.3 is 0 Å². The van der Waals surface area contributed by atoms with Gasteiger partial charge in [0, 0.05) is 5.92 Å². The van der Waals surface area contributed by atoms with Crippen LogP contribution in [-0.2, 0) is 5.41 Å². The van der Waals surface area contributed by atoms with Crippen molar-refractivity contribution in [1.82, 2.24) is 0 Å². The summed E-state index contributed by atoms with van der Waals surface area (Å²) in [5.41, 5.74) is 16.7. The SMILES string of the molecule is C=CC1=CCC(c2ccc3c(c2)C2(c4ccccc4-c4ccccc42)c2cc(-c4ccc(C=C)cc4)ccc2-3)C=C1. The summed E-state index contributed by atoms with van der Waals surface area (Å²) in [5, 5.41) is 0. The Morgan fingerprint density at radius 2 is 1.20 bits per heavy atom. The summed E-state index contributed by atoms with van der Waals surface area (Å²) in [6.07, 6.45) is 11.7. The normalized spacial score (nSPS) is 16.9. The van der Waals surface area contributed by atoms with Crippen LogP contribution in [0.5, 0.6) is 0 Å². The second-order valence-corrected chi connectivity index (χ2v) is 11.3. The summed E-state index contributed by atoms with van der Waals surface area (Å²) in [4.78, 5) is 0. The highest BCUT2D eigenvalue weighted by Crippen LogP contribution is 2.63. The van der Waals surface area contributed by atoms with Gasteiger partial charge in [-0.2, -0.15) is 0 Å². The first-order valence-electron chi connectivity index (χ1n) is 14.4. The summed E-state index contributed by atoms with van der Waals surface area (Å²) >= 11 is 0. The standard InChI is InChI=1S/C41H30/c1-3-27-13-17-29(18-14-27)31-21-23-35-36-24-22-32(30-19-15-28(4-2)16-20-30)26-40(36)41(39(35)25-31)37-11-7-5-9-33(37)34-10-6-8-12-38(34)41/h3-19,21-26,30H,1-2,20H2. The van der Waals surface area contributed by atoms with Crippen molar-refractivity contribution in [2.75, 3.05) is 0 Å². The summed E-state index contributed by atoms with van der Waals surface area (Å²) in [7, 11) is 0. The zero-order chi connectivity index (χ0) is 27.6. The lowest BCUT2D eigenvalue weighted by Gasteiger charge is -2.31. The monoisotopic (exact) mass is 522 g/mol. The zero-order valence-electron chi connectivity index (χ0n) is 23.0. The lowest BCUT2D eigenvalue weighted by atomic mass is 9.69. The fourth-order valence-corrected chi connectivity index (χ4v) is 7.41. The first kappa shape index (κ1) is 23.9. The first-order chi connectivity index (χ1) is 20.2. The van der Waals surface area contributed by atoms with Crippen molar-refractivity contribution in [1.29, 1.82) is 0 Å². The highest BCUT2D eigenvalue weighted by molar-refractivity contribution is 5.96. The lowest BCUT2D eigenvalue weighted by Crippen LogP contribution is -2.26. The molecular formula is C41H30. The van der Waals surface area contributed by atoms with Gasteiger partial charge in [-0.3, -0.25) is 0 Å². The van der Waals surface area contributed by atoms with Crippen LogP contribution >= 0.6 is 0 Å². The molecule has 3 aliphatic rings. The molecule has 0 heterocycles. The summed E-state index contributed by atoms with van der Waals surface area (Å²) in [6, 6.07) is 41.1. The number of hydrogen-bond donors (Lipinski definition) is 0. The number of fused-ring (bicyclic) bond motifs is 10. The smallest absolute Gasteiger partial charge is 0.0725 e. The van der Waals surface area contributed by atoms with E-state index in [0.29, 0.717) is 5.92 Å². The molecule has 0 saturated carbocycles. The first-order valence-corrected chi connectivity index (χ1v) is 14.4. The minimum absolute atomic E-state index is 0.356. The maximum Gasteiger partial charge on any atom is 0.0725 e. The molecule has 194 valence electrons. The van der Waals surface area contributed by atoms with Crippen molar-refractivity contribution in [3.63, 3.8) is 0 Å². The Balaban J connectivity index is 1.40. The quantitative estimate of drug-likeness (QED) is 0.216.